The Morgan fingerprint density at radius 2 is 2.33 bits per heavy atom. The first kappa shape index (κ1) is 13.8. The van der Waals surface area contributed by atoms with Crippen molar-refractivity contribution < 1.29 is 4.79 Å². The van der Waals surface area contributed by atoms with Crippen molar-refractivity contribution in [2.45, 2.75) is 12.8 Å². The van der Waals surface area contributed by atoms with Crippen LogP contribution in [0, 0.1) is 0 Å². The molecule has 3 aromatic rings. The number of nitrogens with one attached hydrogen (secondary N) is 1. The number of fused-ring (bicyclic) bond motifs is 1. The van der Waals surface area contributed by atoms with Gasteiger partial charge in [0.1, 0.15) is 0 Å². The van der Waals surface area contributed by atoms with E-state index in [9.17, 15) is 4.79 Å². The van der Waals surface area contributed by atoms with E-state index >= 15 is 0 Å². The lowest BCUT2D eigenvalue weighted by molar-refractivity contribution is -0.120. The smallest absolute Gasteiger partial charge is 0.226 e. The quantitative estimate of drug-likeness (QED) is 0.783. The minimum absolute atomic E-state index is 0.0254. The summed E-state index contributed by atoms with van der Waals surface area (Å²) >= 11 is 1.64. The molecule has 0 radical (unpaired) electrons. The van der Waals surface area contributed by atoms with Gasteiger partial charge in [0.15, 0.2) is 0 Å². The summed E-state index contributed by atoms with van der Waals surface area (Å²) in [5.41, 5.74) is 5.01. The van der Waals surface area contributed by atoms with Crippen molar-refractivity contribution in [3.05, 3.63) is 47.5 Å². The molecule has 0 saturated carbocycles. The Morgan fingerprint density at radius 3 is 3.14 bits per heavy atom. The topological polar surface area (TPSA) is 59.8 Å². The molecule has 6 heteroatoms. The zero-order chi connectivity index (χ0) is 14.7. The monoisotopic (exact) mass is 300 g/mol. The van der Waals surface area contributed by atoms with Crippen LogP contribution in [0.5, 0.6) is 0 Å². The molecule has 2 aromatic heterocycles. The number of hydrogen-bond acceptors (Lipinski definition) is 4. The predicted octanol–water partition coefficient (Wildman–Crippen LogP) is 1.93. The highest BCUT2D eigenvalue weighted by Crippen LogP contribution is 2.19. The number of carbonyl (C=O) groups is 1. The van der Waals surface area contributed by atoms with Crippen LogP contribution in [0.25, 0.3) is 10.2 Å². The lowest BCUT2D eigenvalue weighted by Crippen LogP contribution is -2.27. The molecule has 0 fully saturated rings. The number of thiazole rings is 1. The maximum absolute atomic E-state index is 11.9. The summed E-state index contributed by atoms with van der Waals surface area (Å²) in [6, 6.07) is 6.23. The van der Waals surface area contributed by atoms with E-state index in [4.69, 9.17) is 0 Å². The average molecular weight is 300 g/mol. The molecular formula is C15H16N4OS. The van der Waals surface area contributed by atoms with Crippen molar-refractivity contribution in [1.82, 2.24) is 19.9 Å². The van der Waals surface area contributed by atoms with E-state index in [-0.39, 0.29) is 5.91 Å². The Morgan fingerprint density at radius 1 is 1.43 bits per heavy atom. The molecule has 1 aromatic carbocycles. The van der Waals surface area contributed by atoms with Crippen molar-refractivity contribution in [3.63, 3.8) is 0 Å². The van der Waals surface area contributed by atoms with Crippen LogP contribution < -0.4 is 5.32 Å². The number of aryl methyl sites for hydroxylation is 1. The summed E-state index contributed by atoms with van der Waals surface area (Å²) in [5.74, 6) is 0.0254. The summed E-state index contributed by atoms with van der Waals surface area (Å²) in [6.07, 6.45) is 4.61. The molecule has 3 rings (SSSR count). The summed E-state index contributed by atoms with van der Waals surface area (Å²) in [7, 11) is 1.89. The number of rotatable bonds is 5. The van der Waals surface area contributed by atoms with Gasteiger partial charge in [0, 0.05) is 25.5 Å². The fourth-order valence-electron chi connectivity index (χ4n) is 2.18. The molecule has 0 saturated heterocycles. The highest BCUT2D eigenvalue weighted by Gasteiger charge is 2.06. The number of nitrogens with zero attached hydrogens (tertiary/aromatic N) is 3. The summed E-state index contributed by atoms with van der Waals surface area (Å²) in [6.45, 7) is 0.640. The normalized spacial score (nSPS) is 10.9. The van der Waals surface area contributed by atoms with E-state index in [2.05, 4.69) is 27.4 Å². The molecular weight excluding hydrogens is 284 g/mol. The lowest BCUT2D eigenvalue weighted by Gasteiger charge is -2.06. The minimum Gasteiger partial charge on any atom is -0.355 e. The van der Waals surface area contributed by atoms with Crippen LogP contribution >= 0.6 is 11.3 Å². The highest BCUT2D eigenvalue weighted by atomic mass is 32.1. The zero-order valence-electron chi connectivity index (χ0n) is 11.7. The number of benzene rings is 1. The molecule has 5 nitrogen and oxygen atoms in total. The van der Waals surface area contributed by atoms with Crippen molar-refractivity contribution in [2.24, 2.45) is 7.05 Å². The standard InChI is InChI=1S/C15H16N4OS/c1-19-9-16-8-12(19)7-15(20)17-5-4-11-2-3-13-14(6-11)21-10-18-13/h2-3,6,8-10H,4-5,7H2,1H3,(H,17,20). The minimum atomic E-state index is 0.0254. The molecule has 0 aliphatic heterocycles. The van der Waals surface area contributed by atoms with Crippen LogP contribution in [0.4, 0.5) is 0 Å². The van der Waals surface area contributed by atoms with Gasteiger partial charge < -0.3 is 9.88 Å². The molecule has 0 bridgehead atoms. The van der Waals surface area contributed by atoms with E-state index in [1.54, 1.807) is 23.9 Å². The van der Waals surface area contributed by atoms with Crippen LogP contribution in [0.15, 0.2) is 36.2 Å². The second-order valence-electron chi connectivity index (χ2n) is 4.93. The predicted molar refractivity (Wildman–Crippen MR) is 83.2 cm³/mol. The molecule has 0 aliphatic carbocycles. The van der Waals surface area contributed by atoms with E-state index in [0.717, 1.165) is 17.6 Å². The van der Waals surface area contributed by atoms with Crippen molar-refractivity contribution >= 4 is 27.5 Å². The van der Waals surface area contributed by atoms with Crippen LogP contribution in [0.3, 0.4) is 0 Å². The van der Waals surface area contributed by atoms with Crippen LogP contribution in [0.1, 0.15) is 11.3 Å². The van der Waals surface area contributed by atoms with Crippen molar-refractivity contribution in [3.8, 4) is 0 Å². The molecule has 0 spiro atoms. The SMILES string of the molecule is Cn1cncc1CC(=O)NCCc1ccc2ncsc2c1. The van der Waals surface area contributed by atoms with Gasteiger partial charge in [0.25, 0.3) is 0 Å². The van der Waals surface area contributed by atoms with Crippen molar-refractivity contribution in [2.75, 3.05) is 6.54 Å². The third kappa shape index (κ3) is 3.28. The number of amides is 1. The average Bonchev–Trinajstić information content (AvgIpc) is 3.08. The molecule has 1 amide bonds. The fraction of sp³-hybridized carbons (Fsp3) is 0.267. The second kappa shape index (κ2) is 6.05. The van der Waals surface area contributed by atoms with Gasteiger partial charge in [-0.2, -0.15) is 0 Å². The van der Waals surface area contributed by atoms with Gasteiger partial charge in [-0.05, 0) is 24.1 Å². The Hall–Kier alpha value is -2.21. The Labute approximate surface area is 126 Å². The molecule has 108 valence electrons. The zero-order valence-corrected chi connectivity index (χ0v) is 12.6. The van der Waals surface area contributed by atoms with Crippen LogP contribution in [0.2, 0.25) is 0 Å². The first-order chi connectivity index (χ1) is 10.2. The molecule has 0 unspecified atom stereocenters. The summed E-state index contributed by atoms with van der Waals surface area (Å²) in [5, 5.41) is 2.95. The largest absolute Gasteiger partial charge is 0.355 e. The Kier molecular flexibility index (Phi) is 3.96. The van der Waals surface area contributed by atoms with Gasteiger partial charge in [0.05, 0.1) is 28.5 Å². The molecule has 21 heavy (non-hydrogen) atoms. The second-order valence-corrected chi connectivity index (χ2v) is 5.81. The van der Waals surface area contributed by atoms with Gasteiger partial charge >= 0.3 is 0 Å². The van der Waals surface area contributed by atoms with Gasteiger partial charge in [-0.25, -0.2) is 9.97 Å². The fourth-order valence-corrected chi connectivity index (χ4v) is 2.92. The Bertz CT molecular complexity index is 762. The number of hydrogen-bond donors (Lipinski definition) is 1. The maximum Gasteiger partial charge on any atom is 0.226 e. The van der Waals surface area contributed by atoms with Gasteiger partial charge in [-0.3, -0.25) is 4.79 Å². The summed E-state index contributed by atoms with van der Waals surface area (Å²) < 4.78 is 3.05. The van der Waals surface area contributed by atoms with E-state index in [0.29, 0.717) is 13.0 Å². The van der Waals surface area contributed by atoms with Crippen LogP contribution in [-0.2, 0) is 24.7 Å². The van der Waals surface area contributed by atoms with Crippen molar-refractivity contribution in [1.29, 1.82) is 0 Å². The maximum atomic E-state index is 11.9. The van der Waals surface area contributed by atoms with Crippen LogP contribution in [-0.4, -0.2) is 27.0 Å². The van der Waals surface area contributed by atoms with E-state index < -0.39 is 0 Å². The third-order valence-electron chi connectivity index (χ3n) is 3.39. The molecule has 1 N–H and O–H groups in total. The molecule has 0 atom stereocenters. The van der Waals surface area contributed by atoms with Gasteiger partial charge in [-0.15, -0.1) is 11.3 Å². The first-order valence-electron chi connectivity index (χ1n) is 6.76. The van der Waals surface area contributed by atoms with E-state index in [1.165, 1.54) is 10.3 Å². The number of carbonyl (C=O) groups excluding carboxylic acids is 1. The lowest BCUT2D eigenvalue weighted by atomic mass is 10.1. The summed E-state index contributed by atoms with van der Waals surface area (Å²) in [4.78, 5) is 20.1. The Balaban J connectivity index is 1.51. The van der Waals surface area contributed by atoms with Gasteiger partial charge in [0.2, 0.25) is 5.91 Å². The van der Waals surface area contributed by atoms with E-state index in [1.807, 2.05) is 23.2 Å². The number of aromatic nitrogens is 3. The molecule has 2 heterocycles. The number of imidazole rings is 1. The highest BCUT2D eigenvalue weighted by molar-refractivity contribution is 7.16. The first-order valence-corrected chi connectivity index (χ1v) is 7.64. The third-order valence-corrected chi connectivity index (χ3v) is 4.18. The molecule has 0 aliphatic rings. The van der Waals surface area contributed by atoms with Gasteiger partial charge in [-0.1, -0.05) is 6.07 Å².